The Morgan fingerprint density at radius 2 is 1.97 bits per heavy atom. The molecular weight excluding hydrogens is 382 g/mol. The number of aryl methyl sites for hydroxylation is 1. The number of hydrogen-bond acceptors (Lipinski definition) is 9. The summed E-state index contributed by atoms with van der Waals surface area (Å²) in [7, 11) is 4.07. The highest BCUT2D eigenvalue weighted by atomic mass is 16.5. The van der Waals surface area contributed by atoms with Crippen molar-refractivity contribution in [3.63, 3.8) is 0 Å². The molecule has 4 rings (SSSR count). The smallest absolute Gasteiger partial charge is 0.223 e. The van der Waals surface area contributed by atoms with Crippen molar-refractivity contribution in [1.29, 1.82) is 0 Å². The van der Waals surface area contributed by atoms with Gasteiger partial charge in [0.25, 0.3) is 0 Å². The van der Waals surface area contributed by atoms with Gasteiger partial charge in [0.05, 0.1) is 30.2 Å². The quantitative estimate of drug-likeness (QED) is 0.631. The van der Waals surface area contributed by atoms with Gasteiger partial charge in [0.2, 0.25) is 5.95 Å². The highest BCUT2D eigenvalue weighted by molar-refractivity contribution is 5.78. The fraction of sp³-hybridized carbons (Fsp3) is 0.429. The van der Waals surface area contributed by atoms with E-state index in [1.807, 2.05) is 45.4 Å². The first-order valence-corrected chi connectivity index (χ1v) is 10.1. The second-order valence-corrected chi connectivity index (χ2v) is 7.52. The number of anilines is 2. The van der Waals surface area contributed by atoms with E-state index in [0.29, 0.717) is 11.7 Å². The zero-order valence-electron chi connectivity index (χ0n) is 17.6. The molecule has 1 N–H and O–H groups in total. The molecule has 0 spiro atoms. The number of likely N-dealkylation sites (N-methyl/N-ethyl adjacent to an activating group) is 1. The van der Waals surface area contributed by atoms with Crippen LogP contribution in [-0.4, -0.2) is 78.5 Å². The van der Waals surface area contributed by atoms with Crippen molar-refractivity contribution in [2.75, 3.05) is 63.7 Å². The zero-order chi connectivity index (χ0) is 20.9. The summed E-state index contributed by atoms with van der Waals surface area (Å²) < 4.78 is 10.9. The van der Waals surface area contributed by atoms with E-state index in [9.17, 15) is 0 Å². The number of hydrogen-bond donors (Lipinski definition) is 1. The molecule has 0 unspecified atom stereocenters. The summed E-state index contributed by atoms with van der Waals surface area (Å²) >= 11 is 0. The first-order valence-electron chi connectivity index (χ1n) is 10.1. The van der Waals surface area contributed by atoms with Gasteiger partial charge in [-0.1, -0.05) is 5.16 Å². The normalized spacial score (nSPS) is 14.3. The van der Waals surface area contributed by atoms with Crippen molar-refractivity contribution >= 4 is 11.8 Å². The number of aromatic nitrogens is 4. The largest absolute Gasteiger partial charge is 0.378 e. The predicted molar refractivity (Wildman–Crippen MR) is 116 cm³/mol. The van der Waals surface area contributed by atoms with Crippen molar-refractivity contribution in [2.45, 2.75) is 6.92 Å². The van der Waals surface area contributed by atoms with Crippen LogP contribution in [0.25, 0.3) is 22.6 Å². The van der Waals surface area contributed by atoms with Gasteiger partial charge < -0.3 is 24.4 Å². The lowest BCUT2D eigenvalue weighted by Crippen LogP contribution is -2.36. The molecule has 0 aliphatic carbocycles. The molecule has 9 heteroatoms. The Balaban J connectivity index is 1.64. The summed E-state index contributed by atoms with van der Waals surface area (Å²) in [6.45, 7) is 6.69. The van der Waals surface area contributed by atoms with Crippen LogP contribution < -0.4 is 10.2 Å². The Hall–Kier alpha value is -3.04. The minimum Gasteiger partial charge on any atom is -0.378 e. The van der Waals surface area contributed by atoms with Crippen molar-refractivity contribution in [1.82, 2.24) is 25.0 Å². The Morgan fingerprint density at radius 3 is 2.63 bits per heavy atom. The Labute approximate surface area is 176 Å². The van der Waals surface area contributed by atoms with Crippen molar-refractivity contribution in [3.8, 4) is 22.6 Å². The van der Waals surface area contributed by atoms with E-state index >= 15 is 0 Å². The summed E-state index contributed by atoms with van der Waals surface area (Å²) in [5.41, 5.74) is 3.25. The van der Waals surface area contributed by atoms with Crippen LogP contribution >= 0.6 is 0 Å². The SMILES string of the molecule is Cc1cc(-c2cnc(NCCN(C)C)nc2-c2ccc(N3CCOCC3)nc2)on1. The lowest BCUT2D eigenvalue weighted by atomic mass is 10.1. The molecule has 0 bridgehead atoms. The minimum absolute atomic E-state index is 0.573. The summed E-state index contributed by atoms with van der Waals surface area (Å²) in [6.07, 6.45) is 3.62. The monoisotopic (exact) mass is 409 g/mol. The van der Waals surface area contributed by atoms with Gasteiger partial charge in [-0.15, -0.1) is 0 Å². The molecule has 3 aromatic heterocycles. The van der Waals surface area contributed by atoms with Gasteiger partial charge in [0.1, 0.15) is 5.82 Å². The van der Waals surface area contributed by atoms with Gasteiger partial charge in [0.15, 0.2) is 5.76 Å². The molecule has 3 aromatic rings. The fourth-order valence-corrected chi connectivity index (χ4v) is 3.25. The molecule has 0 saturated carbocycles. The molecule has 9 nitrogen and oxygen atoms in total. The van der Waals surface area contributed by atoms with Gasteiger partial charge in [0, 0.05) is 50.2 Å². The third kappa shape index (κ3) is 4.74. The maximum Gasteiger partial charge on any atom is 0.223 e. The van der Waals surface area contributed by atoms with E-state index in [1.54, 1.807) is 6.20 Å². The number of pyridine rings is 1. The second-order valence-electron chi connectivity index (χ2n) is 7.52. The summed E-state index contributed by atoms with van der Waals surface area (Å²) in [5.74, 6) is 2.15. The Bertz CT molecular complexity index is 966. The molecule has 158 valence electrons. The van der Waals surface area contributed by atoms with Gasteiger partial charge in [-0.3, -0.25) is 0 Å². The Kier molecular flexibility index (Phi) is 6.20. The molecule has 1 aliphatic heterocycles. The van der Waals surface area contributed by atoms with Gasteiger partial charge >= 0.3 is 0 Å². The van der Waals surface area contributed by atoms with Crippen LogP contribution in [-0.2, 0) is 4.74 Å². The molecule has 0 aromatic carbocycles. The van der Waals surface area contributed by atoms with Gasteiger partial charge in [-0.05, 0) is 33.2 Å². The first-order chi connectivity index (χ1) is 14.6. The van der Waals surface area contributed by atoms with Crippen molar-refractivity contribution in [2.24, 2.45) is 0 Å². The summed E-state index contributed by atoms with van der Waals surface area (Å²) in [5, 5.41) is 7.29. The lowest BCUT2D eigenvalue weighted by Gasteiger charge is -2.27. The predicted octanol–water partition coefficient (Wildman–Crippen LogP) is 2.31. The number of ether oxygens (including phenoxy) is 1. The fourth-order valence-electron chi connectivity index (χ4n) is 3.25. The lowest BCUT2D eigenvalue weighted by molar-refractivity contribution is 0.122. The maximum absolute atomic E-state index is 5.48. The molecule has 30 heavy (non-hydrogen) atoms. The highest BCUT2D eigenvalue weighted by Crippen LogP contribution is 2.31. The molecule has 1 fully saturated rings. The second kappa shape index (κ2) is 9.19. The number of nitrogens with one attached hydrogen (secondary N) is 1. The van der Waals surface area contributed by atoms with Crippen LogP contribution in [0.2, 0.25) is 0 Å². The Morgan fingerprint density at radius 1 is 1.13 bits per heavy atom. The average Bonchev–Trinajstić information content (AvgIpc) is 3.20. The average molecular weight is 409 g/mol. The molecule has 0 radical (unpaired) electrons. The van der Waals surface area contributed by atoms with E-state index in [-0.39, 0.29) is 0 Å². The number of nitrogens with zero attached hydrogens (tertiary/aromatic N) is 6. The van der Waals surface area contributed by atoms with Crippen molar-refractivity contribution < 1.29 is 9.26 Å². The van der Waals surface area contributed by atoms with Crippen LogP contribution in [0.15, 0.2) is 35.1 Å². The molecule has 4 heterocycles. The van der Waals surface area contributed by atoms with Crippen LogP contribution in [0.5, 0.6) is 0 Å². The minimum atomic E-state index is 0.573. The molecular formula is C21H27N7O2. The van der Waals surface area contributed by atoms with E-state index < -0.39 is 0 Å². The van der Waals surface area contributed by atoms with Crippen LogP contribution in [0.3, 0.4) is 0 Å². The van der Waals surface area contributed by atoms with Crippen LogP contribution in [0, 0.1) is 6.92 Å². The van der Waals surface area contributed by atoms with Gasteiger partial charge in [-0.25, -0.2) is 15.0 Å². The van der Waals surface area contributed by atoms with Crippen LogP contribution in [0.4, 0.5) is 11.8 Å². The first kappa shape index (κ1) is 20.2. The summed E-state index contributed by atoms with van der Waals surface area (Å²) in [4.78, 5) is 18.2. The number of morpholine rings is 1. The standard InChI is InChI=1S/C21H27N7O2/c1-15-12-18(30-26-15)17-14-24-21(22-6-7-27(2)3)25-20(17)16-4-5-19(23-13-16)28-8-10-29-11-9-28/h4-5,12-14H,6-11H2,1-3H3,(H,22,24,25). The highest BCUT2D eigenvalue weighted by Gasteiger charge is 2.17. The third-order valence-electron chi connectivity index (χ3n) is 4.88. The zero-order valence-corrected chi connectivity index (χ0v) is 17.6. The molecule has 0 atom stereocenters. The van der Waals surface area contributed by atoms with E-state index in [1.165, 1.54) is 0 Å². The van der Waals surface area contributed by atoms with E-state index in [4.69, 9.17) is 14.2 Å². The molecule has 1 saturated heterocycles. The number of rotatable bonds is 7. The van der Waals surface area contributed by atoms with Gasteiger partial charge in [-0.2, -0.15) is 0 Å². The van der Waals surface area contributed by atoms with E-state index in [0.717, 1.165) is 67.7 Å². The summed E-state index contributed by atoms with van der Waals surface area (Å²) in [6, 6.07) is 5.95. The van der Waals surface area contributed by atoms with Crippen LogP contribution in [0.1, 0.15) is 5.69 Å². The van der Waals surface area contributed by atoms with Crippen molar-refractivity contribution in [3.05, 3.63) is 36.3 Å². The molecule has 1 aliphatic rings. The maximum atomic E-state index is 5.48. The van der Waals surface area contributed by atoms with E-state index in [2.05, 4.69) is 30.2 Å². The molecule has 0 amide bonds. The topological polar surface area (TPSA) is 92.4 Å². The third-order valence-corrected chi connectivity index (χ3v) is 4.88.